The van der Waals surface area contributed by atoms with Gasteiger partial charge in [0, 0.05) is 31.0 Å². The van der Waals surface area contributed by atoms with E-state index in [1.54, 1.807) is 0 Å². The Morgan fingerprint density at radius 1 is 1.29 bits per heavy atom. The van der Waals surface area contributed by atoms with Crippen LogP contribution in [0.5, 0.6) is 0 Å². The van der Waals surface area contributed by atoms with Crippen molar-refractivity contribution in [1.29, 1.82) is 0 Å². The Morgan fingerprint density at radius 3 is 2.62 bits per heavy atom. The van der Waals surface area contributed by atoms with Crippen LogP contribution in [0.15, 0.2) is 0 Å². The first-order valence-electron chi connectivity index (χ1n) is 8.19. The Hall–Kier alpha value is -1.10. The fourth-order valence-electron chi connectivity index (χ4n) is 3.03. The van der Waals surface area contributed by atoms with Gasteiger partial charge in [-0.3, -0.25) is 9.59 Å². The van der Waals surface area contributed by atoms with E-state index in [4.69, 9.17) is 10.8 Å². The molecule has 1 saturated heterocycles. The van der Waals surface area contributed by atoms with E-state index in [0.717, 1.165) is 45.1 Å². The predicted octanol–water partition coefficient (Wildman–Crippen LogP) is 2.39. The number of hydrogen-bond acceptors (Lipinski definition) is 3. The minimum Gasteiger partial charge on any atom is -0.481 e. The fraction of sp³-hybridized carbons (Fsp3) is 0.875. The van der Waals surface area contributed by atoms with Gasteiger partial charge in [0.2, 0.25) is 5.91 Å². The van der Waals surface area contributed by atoms with Crippen LogP contribution in [0.4, 0.5) is 0 Å². The van der Waals surface area contributed by atoms with Gasteiger partial charge in [0.15, 0.2) is 0 Å². The van der Waals surface area contributed by atoms with Crippen LogP contribution in [0.25, 0.3) is 0 Å². The zero-order valence-corrected chi connectivity index (χ0v) is 13.4. The van der Waals surface area contributed by atoms with E-state index in [1.807, 2.05) is 18.7 Å². The van der Waals surface area contributed by atoms with Gasteiger partial charge in [-0.1, -0.05) is 13.3 Å². The Bertz CT molecular complexity index is 344. The molecule has 0 spiro atoms. The fourth-order valence-corrected chi connectivity index (χ4v) is 3.03. The topological polar surface area (TPSA) is 83.6 Å². The van der Waals surface area contributed by atoms with Crippen molar-refractivity contribution < 1.29 is 14.7 Å². The van der Waals surface area contributed by atoms with Crippen molar-refractivity contribution >= 4 is 11.9 Å². The second-order valence-electron chi connectivity index (χ2n) is 6.42. The lowest BCUT2D eigenvalue weighted by atomic mass is 9.94. The summed E-state index contributed by atoms with van der Waals surface area (Å²) >= 11 is 0. The van der Waals surface area contributed by atoms with Crippen LogP contribution in [0, 0.1) is 5.92 Å². The van der Waals surface area contributed by atoms with Gasteiger partial charge in [0.25, 0.3) is 0 Å². The van der Waals surface area contributed by atoms with Gasteiger partial charge in [-0.2, -0.15) is 0 Å². The zero-order chi connectivity index (χ0) is 15.8. The molecular weight excluding hydrogens is 268 g/mol. The first-order valence-corrected chi connectivity index (χ1v) is 8.19. The molecule has 1 aliphatic rings. The molecule has 0 aliphatic carbocycles. The molecule has 0 saturated carbocycles. The van der Waals surface area contributed by atoms with Gasteiger partial charge in [-0.15, -0.1) is 0 Å². The van der Waals surface area contributed by atoms with Crippen molar-refractivity contribution in [2.75, 3.05) is 6.54 Å². The Kier molecular flexibility index (Phi) is 7.72. The first-order chi connectivity index (χ1) is 9.91. The van der Waals surface area contributed by atoms with E-state index in [1.165, 1.54) is 0 Å². The summed E-state index contributed by atoms with van der Waals surface area (Å²) in [5, 5.41) is 8.83. The minimum atomic E-state index is -0.780. The third-order valence-electron chi connectivity index (χ3n) is 4.32. The molecule has 0 bridgehead atoms. The van der Waals surface area contributed by atoms with Crippen LogP contribution < -0.4 is 5.73 Å². The summed E-state index contributed by atoms with van der Waals surface area (Å²) in [4.78, 5) is 25.3. The summed E-state index contributed by atoms with van der Waals surface area (Å²) in [5.41, 5.74) is 5.74. The van der Waals surface area contributed by atoms with Crippen LogP contribution in [0.2, 0.25) is 0 Å². The average Bonchev–Trinajstić information content (AvgIpc) is 2.44. The lowest BCUT2D eigenvalue weighted by molar-refractivity contribution is -0.142. The zero-order valence-electron chi connectivity index (χ0n) is 13.4. The number of carboxylic acids is 1. The summed E-state index contributed by atoms with van der Waals surface area (Å²) in [5.74, 6) is -0.582. The Balaban J connectivity index is 2.49. The Labute approximate surface area is 127 Å². The summed E-state index contributed by atoms with van der Waals surface area (Å²) in [7, 11) is 0. The number of nitrogens with two attached hydrogens (primary N) is 1. The van der Waals surface area contributed by atoms with E-state index in [2.05, 4.69) is 0 Å². The number of carbonyl (C=O) groups is 2. The van der Waals surface area contributed by atoms with Crippen molar-refractivity contribution in [3.63, 3.8) is 0 Å². The van der Waals surface area contributed by atoms with Gasteiger partial charge in [-0.05, 0) is 45.4 Å². The van der Waals surface area contributed by atoms with Crippen molar-refractivity contribution in [3.8, 4) is 0 Å². The molecule has 0 radical (unpaired) electrons. The molecular formula is C16H30N2O3. The number of carbonyl (C=O) groups excluding carboxylic acids is 1. The van der Waals surface area contributed by atoms with Crippen molar-refractivity contribution in [1.82, 2.24) is 4.90 Å². The van der Waals surface area contributed by atoms with E-state index < -0.39 is 5.97 Å². The minimum absolute atomic E-state index is 0.00850. The molecule has 1 aliphatic heterocycles. The van der Waals surface area contributed by atoms with Crippen LogP contribution in [-0.2, 0) is 9.59 Å². The van der Waals surface area contributed by atoms with E-state index in [-0.39, 0.29) is 30.3 Å². The lowest BCUT2D eigenvalue weighted by Crippen LogP contribution is -2.46. The molecule has 5 nitrogen and oxygen atoms in total. The highest BCUT2D eigenvalue weighted by Gasteiger charge is 2.29. The number of amides is 1. The van der Waals surface area contributed by atoms with Gasteiger partial charge >= 0.3 is 5.97 Å². The largest absolute Gasteiger partial charge is 0.481 e. The maximum absolute atomic E-state index is 12.6. The molecule has 1 fully saturated rings. The van der Waals surface area contributed by atoms with Crippen molar-refractivity contribution in [3.05, 3.63) is 0 Å². The number of nitrogens with zero attached hydrogens (tertiary/aromatic N) is 1. The van der Waals surface area contributed by atoms with Crippen molar-refractivity contribution in [2.24, 2.45) is 11.7 Å². The van der Waals surface area contributed by atoms with E-state index in [0.29, 0.717) is 6.42 Å². The van der Waals surface area contributed by atoms with Crippen LogP contribution in [0.3, 0.4) is 0 Å². The maximum atomic E-state index is 12.6. The number of hydrogen-bond donors (Lipinski definition) is 2. The molecule has 1 rings (SSSR count). The smallest absolute Gasteiger partial charge is 0.303 e. The quantitative estimate of drug-likeness (QED) is 0.720. The van der Waals surface area contributed by atoms with E-state index in [9.17, 15) is 9.59 Å². The predicted molar refractivity (Wildman–Crippen MR) is 82.9 cm³/mol. The number of likely N-dealkylation sites (tertiary alicyclic amines) is 1. The number of carboxylic acid groups (broad SMARTS) is 1. The molecule has 5 heteroatoms. The summed E-state index contributed by atoms with van der Waals surface area (Å²) in [6.45, 7) is 4.74. The molecule has 122 valence electrons. The average molecular weight is 298 g/mol. The molecule has 0 aromatic carbocycles. The molecule has 3 atom stereocenters. The molecule has 1 amide bonds. The summed E-state index contributed by atoms with van der Waals surface area (Å²) < 4.78 is 0. The molecule has 0 aromatic rings. The molecule has 1 heterocycles. The van der Waals surface area contributed by atoms with Crippen molar-refractivity contribution in [2.45, 2.75) is 77.3 Å². The Morgan fingerprint density at radius 2 is 2.00 bits per heavy atom. The highest BCUT2D eigenvalue weighted by molar-refractivity contribution is 5.79. The van der Waals surface area contributed by atoms with Gasteiger partial charge in [-0.25, -0.2) is 0 Å². The summed E-state index contributed by atoms with van der Waals surface area (Å²) in [6.07, 6.45) is 6.56. The SMILES string of the molecule is CC(N)CCCC(C)C(=O)N1CCCCC1CCC(=O)O. The van der Waals surface area contributed by atoms with Crippen LogP contribution in [-0.4, -0.2) is 40.5 Å². The van der Waals surface area contributed by atoms with Crippen LogP contribution in [0.1, 0.15) is 65.2 Å². The standard InChI is InChI=1S/C16H30N2O3/c1-12(6-5-7-13(2)17)16(21)18-11-4-3-8-14(18)9-10-15(19)20/h12-14H,3-11,17H2,1-2H3,(H,19,20). The second kappa shape index (κ2) is 9.03. The molecule has 3 unspecified atom stereocenters. The monoisotopic (exact) mass is 298 g/mol. The highest BCUT2D eigenvalue weighted by Crippen LogP contribution is 2.24. The second-order valence-corrected chi connectivity index (χ2v) is 6.42. The number of rotatable bonds is 8. The highest BCUT2D eigenvalue weighted by atomic mass is 16.4. The van der Waals surface area contributed by atoms with Gasteiger partial charge in [0.1, 0.15) is 0 Å². The number of piperidine rings is 1. The van der Waals surface area contributed by atoms with Crippen LogP contribution >= 0.6 is 0 Å². The van der Waals surface area contributed by atoms with E-state index >= 15 is 0 Å². The lowest BCUT2D eigenvalue weighted by Gasteiger charge is -2.37. The number of aliphatic carboxylic acids is 1. The third kappa shape index (κ3) is 6.46. The molecule has 3 N–H and O–H groups in total. The normalized spacial score (nSPS) is 21.9. The maximum Gasteiger partial charge on any atom is 0.303 e. The third-order valence-corrected chi connectivity index (χ3v) is 4.32. The molecule has 0 aromatic heterocycles. The van der Waals surface area contributed by atoms with Gasteiger partial charge < -0.3 is 15.7 Å². The first kappa shape index (κ1) is 18.0. The molecule has 21 heavy (non-hydrogen) atoms. The van der Waals surface area contributed by atoms with Gasteiger partial charge in [0.05, 0.1) is 0 Å². The summed E-state index contributed by atoms with van der Waals surface area (Å²) in [6, 6.07) is 0.295.